The van der Waals surface area contributed by atoms with Crippen molar-refractivity contribution in [2.24, 2.45) is 0 Å². The van der Waals surface area contributed by atoms with Gasteiger partial charge >= 0.3 is 0 Å². The molecule has 0 atom stereocenters. The standard InChI is InChI=1S/C13H9N3S/c1-3-10(8-14-5-1)12-7-11(9-15-16-12)13-4-2-6-17-13/h1-9H. The lowest BCUT2D eigenvalue weighted by atomic mass is 10.1. The van der Waals surface area contributed by atoms with Crippen LogP contribution in [0.4, 0.5) is 0 Å². The molecular weight excluding hydrogens is 230 g/mol. The van der Waals surface area contributed by atoms with Gasteiger partial charge in [-0.05, 0) is 29.6 Å². The van der Waals surface area contributed by atoms with E-state index in [0.717, 1.165) is 16.8 Å². The molecule has 3 aromatic rings. The van der Waals surface area contributed by atoms with Crippen LogP contribution in [0.3, 0.4) is 0 Å². The van der Waals surface area contributed by atoms with E-state index in [4.69, 9.17) is 0 Å². The summed E-state index contributed by atoms with van der Waals surface area (Å²) in [5.74, 6) is 0. The molecule has 0 unspecified atom stereocenters. The van der Waals surface area contributed by atoms with Crippen LogP contribution in [0.2, 0.25) is 0 Å². The summed E-state index contributed by atoms with van der Waals surface area (Å²) in [4.78, 5) is 5.29. The molecule has 0 aromatic carbocycles. The Labute approximate surface area is 103 Å². The van der Waals surface area contributed by atoms with Crippen molar-refractivity contribution in [3.63, 3.8) is 0 Å². The molecule has 0 aliphatic rings. The molecule has 0 bridgehead atoms. The Morgan fingerprint density at radius 2 is 2.00 bits per heavy atom. The molecule has 17 heavy (non-hydrogen) atoms. The number of aromatic nitrogens is 3. The van der Waals surface area contributed by atoms with Crippen molar-refractivity contribution < 1.29 is 0 Å². The molecule has 3 heterocycles. The largest absolute Gasteiger partial charge is 0.264 e. The first-order chi connectivity index (χ1) is 8.43. The predicted molar refractivity (Wildman–Crippen MR) is 68.6 cm³/mol. The average Bonchev–Trinajstić information content (AvgIpc) is 2.94. The second kappa shape index (κ2) is 4.43. The van der Waals surface area contributed by atoms with Crippen molar-refractivity contribution in [3.05, 3.63) is 54.3 Å². The van der Waals surface area contributed by atoms with Crippen molar-refractivity contribution >= 4 is 11.3 Å². The van der Waals surface area contributed by atoms with Gasteiger partial charge in [-0.2, -0.15) is 10.2 Å². The third kappa shape index (κ3) is 2.07. The maximum atomic E-state index is 4.13. The highest BCUT2D eigenvalue weighted by Crippen LogP contribution is 2.26. The molecule has 0 fully saturated rings. The van der Waals surface area contributed by atoms with Gasteiger partial charge in [0, 0.05) is 28.4 Å². The van der Waals surface area contributed by atoms with E-state index in [-0.39, 0.29) is 0 Å². The van der Waals surface area contributed by atoms with Crippen LogP contribution < -0.4 is 0 Å². The molecule has 0 amide bonds. The predicted octanol–water partition coefficient (Wildman–Crippen LogP) is 3.27. The zero-order chi connectivity index (χ0) is 11.5. The van der Waals surface area contributed by atoms with E-state index in [1.165, 1.54) is 4.88 Å². The fraction of sp³-hybridized carbons (Fsp3) is 0. The third-order valence-electron chi connectivity index (χ3n) is 2.42. The van der Waals surface area contributed by atoms with Crippen LogP contribution in [0.15, 0.2) is 54.3 Å². The first-order valence-corrected chi connectivity index (χ1v) is 6.08. The Balaban J connectivity index is 2.06. The molecule has 0 saturated heterocycles. The Kier molecular flexibility index (Phi) is 2.63. The normalized spacial score (nSPS) is 10.4. The van der Waals surface area contributed by atoms with Crippen LogP contribution in [-0.4, -0.2) is 15.2 Å². The number of hydrogen-bond donors (Lipinski definition) is 0. The van der Waals surface area contributed by atoms with E-state index < -0.39 is 0 Å². The Hall–Kier alpha value is -2.07. The van der Waals surface area contributed by atoms with Gasteiger partial charge in [0.2, 0.25) is 0 Å². The molecule has 0 aliphatic heterocycles. The molecule has 3 aromatic heterocycles. The Bertz CT molecular complexity index is 606. The van der Waals surface area contributed by atoms with Crippen LogP contribution >= 0.6 is 11.3 Å². The molecule has 0 N–H and O–H groups in total. The lowest BCUT2D eigenvalue weighted by Crippen LogP contribution is -1.88. The van der Waals surface area contributed by atoms with Crippen LogP contribution in [-0.2, 0) is 0 Å². The van der Waals surface area contributed by atoms with Crippen molar-refractivity contribution in [2.45, 2.75) is 0 Å². The minimum Gasteiger partial charge on any atom is -0.264 e. The van der Waals surface area contributed by atoms with Gasteiger partial charge in [0.25, 0.3) is 0 Å². The summed E-state index contributed by atoms with van der Waals surface area (Å²) < 4.78 is 0. The van der Waals surface area contributed by atoms with Gasteiger partial charge in [-0.25, -0.2) is 0 Å². The van der Waals surface area contributed by atoms with E-state index in [2.05, 4.69) is 26.6 Å². The molecule has 0 spiro atoms. The number of nitrogens with zero attached hydrogens (tertiary/aromatic N) is 3. The topological polar surface area (TPSA) is 38.7 Å². The van der Waals surface area contributed by atoms with Crippen LogP contribution in [0.5, 0.6) is 0 Å². The van der Waals surface area contributed by atoms with E-state index >= 15 is 0 Å². The van der Waals surface area contributed by atoms with E-state index in [0.29, 0.717) is 0 Å². The summed E-state index contributed by atoms with van der Waals surface area (Å²) in [7, 11) is 0. The van der Waals surface area contributed by atoms with Gasteiger partial charge in [0.05, 0.1) is 11.9 Å². The molecule has 4 heteroatoms. The molecule has 0 radical (unpaired) electrons. The van der Waals surface area contributed by atoms with E-state index in [1.54, 1.807) is 29.9 Å². The number of rotatable bonds is 2. The first-order valence-electron chi connectivity index (χ1n) is 5.20. The van der Waals surface area contributed by atoms with Crippen molar-refractivity contribution in [2.75, 3.05) is 0 Å². The summed E-state index contributed by atoms with van der Waals surface area (Å²) >= 11 is 1.70. The SMILES string of the molecule is c1cncc(-c2cc(-c3cccs3)cnn2)c1. The van der Waals surface area contributed by atoms with Crippen molar-refractivity contribution in [1.82, 2.24) is 15.2 Å². The highest BCUT2D eigenvalue weighted by molar-refractivity contribution is 7.13. The van der Waals surface area contributed by atoms with Gasteiger partial charge in [-0.1, -0.05) is 6.07 Å². The van der Waals surface area contributed by atoms with Crippen LogP contribution in [0, 0.1) is 0 Å². The number of hydrogen-bond acceptors (Lipinski definition) is 4. The summed E-state index contributed by atoms with van der Waals surface area (Å²) in [6.45, 7) is 0. The minimum atomic E-state index is 0.851. The fourth-order valence-corrected chi connectivity index (χ4v) is 2.31. The lowest BCUT2D eigenvalue weighted by Gasteiger charge is -2.01. The molecule has 0 saturated carbocycles. The van der Waals surface area contributed by atoms with Gasteiger partial charge < -0.3 is 0 Å². The highest BCUT2D eigenvalue weighted by Gasteiger charge is 2.04. The minimum absolute atomic E-state index is 0.851. The van der Waals surface area contributed by atoms with Gasteiger partial charge in [-0.15, -0.1) is 11.3 Å². The molecule has 82 valence electrons. The summed E-state index contributed by atoms with van der Waals surface area (Å²) in [6, 6.07) is 10.0. The van der Waals surface area contributed by atoms with Gasteiger partial charge in [0.1, 0.15) is 0 Å². The van der Waals surface area contributed by atoms with Gasteiger partial charge in [0.15, 0.2) is 0 Å². The van der Waals surface area contributed by atoms with Crippen molar-refractivity contribution in [1.29, 1.82) is 0 Å². The van der Waals surface area contributed by atoms with E-state index in [1.807, 2.05) is 24.3 Å². The van der Waals surface area contributed by atoms with Crippen LogP contribution in [0.25, 0.3) is 21.7 Å². The van der Waals surface area contributed by atoms with Crippen LogP contribution in [0.1, 0.15) is 0 Å². The Morgan fingerprint density at radius 1 is 1.00 bits per heavy atom. The highest BCUT2D eigenvalue weighted by atomic mass is 32.1. The Morgan fingerprint density at radius 3 is 2.76 bits per heavy atom. The monoisotopic (exact) mass is 239 g/mol. The average molecular weight is 239 g/mol. The molecular formula is C13H9N3S. The number of thiophene rings is 1. The quantitative estimate of drug-likeness (QED) is 0.689. The van der Waals surface area contributed by atoms with Gasteiger partial charge in [-0.3, -0.25) is 4.98 Å². The molecule has 3 rings (SSSR count). The second-order valence-electron chi connectivity index (χ2n) is 3.55. The van der Waals surface area contributed by atoms with Crippen molar-refractivity contribution in [3.8, 4) is 21.7 Å². The third-order valence-corrected chi connectivity index (χ3v) is 3.34. The second-order valence-corrected chi connectivity index (χ2v) is 4.50. The summed E-state index contributed by atoms with van der Waals surface area (Å²) in [6.07, 6.45) is 5.33. The van der Waals surface area contributed by atoms with E-state index in [9.17, 15) is 0 Å². The zero-order valence-electron chi connectivity index (χ0n) is 8.95. The lowest BCUT2D eigenvalue weighted by molar-refractivity contribution is 1.04. The molecule has 3 nitrogen and oxygen atoms in total. The zero-order valence-corrected chi connectivity index (χ0v) is 9.76. The first kappa shape index (κ1) is 10.1. The maximum Gasteiger partial charge on any atom is 0.0951 e. The maximum absolute atomic E-state index is 4.13. The summed E-state index contributed by atoms with van der Waals surface area (Å²) in [5.41, 5.74) is 2.93. The number of pyridine rings is 1. The summed E-state index contributed by atoms with van der Waals surface area (Å²) in [5, 5.41) is 10.2. The smallest absolute Gasteiger partial charge is 0.0951 e. The molecule has 0 aliphatic carbocycles. The fourth-order valence-electron chi connectivity index (χ4n) is 1.60.